The summed E-state index contributed by atoms with van der Waals surface area (Å²) in [7, 11) is 4.47. The van der Waals surface area contributed by atoms with Crippen LogP contribution in [0.3, 0.4) is 0 Å². The van der Waals surface area contributed by atoms with Crippen LogP contribution in [-0.4, -0.2) is 62.2 Å². The Labute approximate surface area is 108 Å². The first kappa shape index (κ1) is 14.9. The second-order valence-corrected chi connectivity index (χ2v) is 5.53. The van der Waals surface area contributed by atoms with Gasteiger partial charge in [0.15, 0.2) is 0 Å². The maximum absolute atomic E-state index is 3.67. The Kier molecular flexibility index (Phi) is 6.45. The van der Waals surface area contributed by atoms with Crippen molar-refractivity contribution in [2.75, 3.05) is 46.8 Å². The second kappa shape index (κ2) is 7.34. The minimum absolute atomic E-state index is 0.434. The summed E-state index contributed by atoms with van der Waals surface area (Å²) < 4.78 is 0. The van der Waals surface area contributed by atoms with Crippen LogP contribution in [0, 0.1) is 0 Å². The first-order chi connectivity index (χ1) is 8.14. The smallest absolute Gasteiger partial charge is 0.0327 e. The quantitative estimate of drug-likeness (QED) is 0.654. The fourth-order valence-corrected chi connectivity index (χ4v) is 2.91. The van der Waals surface area contributed by atoms with Crippen molar-refractivity contribution in [1.82, 2.24) is 15.1 Å². The van der Waals surface area contributed by atoms with E-state index < -0.39 is 0 Å². The lowest BCUT2D eigenvalue weighted by Gasteiger charge is -2.37. The highest BCUT2D eigenvalue weighted by Gasteiger charge is 2.35. The molecule has 0 heterocycles. The zero-order valence-corrected chi connectivity index (χ0v) is 12.3. The van der Waals surface area contributed by atoms with E-state index in [9.17, 15) is 0 Å². The van der Waals surface area contributed by atoms with Crippen LogP contribution in [0.1, 0.15) is 39.5 Å². The molecule has 1 rings (SSSR count). The maximum atomic E-state index is 3.67. The van der Waals surface area contributed by atoms with Crippen LogP contribution < -0.4 is 5.32 Å². The van der Waals surface area contributed by atoms with Gasteiger partial charge in [0.1, 0.15) is 0 Å². The standard InChI is InChI=1S/C14H31N3/c1-5-17(6-2)12-11-15-13-14(16(3)4)9-7-8-10-14/h15H,5-13H2,1-4H3. The van der Waals surface area contributed by atoms with E-state index in [1.807, 2.05) is 0 Å². The van der Waals surface area contributed by atoms with Gasteiger partial charge in [-0.2, -0.15) is 0 Å². The number of hydrogen-bond acceptors (Lipinski definition) is 3. The monoisotopic (exact) mass is 241 g/mol. The van der Waals surface area contributed by atoms with Gasteiger partial charge in [-0.15, -0.1) is 0 Å². The number of nitrogens with one attached hydrogen (secondary N) is 1. The van der Waals surface area contributed by atoms with E-state index in [4.69, 9.17) is 0 Å². The molecule has 0 aliphatic heterocycles. The fourth-order valence-electron chi connectivity index (χ4n) is 2.91. The normalized spacial score (nSPS) is 19.4. The van der Waals surface area contributed by atoms with Crippen LogP contribution in [0.2, 0.25) is 0 Å². The Balaban J connectivity index is 2.24. The third-order valence-corrected chi connectivity index (χ3v) is 4.44. The molecule has 1 saturated carbocycles. The van der Waals surface area contributed by atoms with Crippen molar-refractivity contribution in [2.45, 2.75) is 45.1 Å². The zero-order chi connectivity index (χ0) is 12.7. The number of rotatable bonds is 8. The summed E-state index contributed by atoms with van der Waals surface area (Å²) in [4.78, 5) is 4.91. The van der Waals surface area contributed by atoms with Crippen molar-refractivity contribution < 1.29 is 0 Å². The lowest BCUT2D eigenvalue weighted by molar-refractivity contribution is 0.152. The number of hydrogen-bond donors (Lipinski definition) is 1. The van der Waals surface area contributed by atoms with Gasteiger partial charge in [-0.1, -0.05) is 26.7 Å². The number of nitrogens with zero attached hydrogens (tertiary/aromatic N) is 2. The molecule has 0 aromatic carbocycles. The summed E-state index contributed by atoms with van der Waals surface area (Å²) in [5.41, 5.74) is 0.434. The molecule has 0 radical (unpaired) electrons. The molecule has 17 heavy (non-hydrogen) atoms. The summed E-state index contributed by atoms with van der Waals surface area (Å²) in [5.74, 6) is 0. The van der Waals surface area contributed by atoms with E-state index in [2.05, 4.69) is 43.1 Å². The molecule has 0 aromatic heterocycles. The SMILES string of the molecule is CCN(CC)CCNCC1(N(C)C)CCCC1. The van der Waals surface area contributed by atoms with E-state index in [1.165, 1.54) is 32.2 Å². The Hall–Kier alpha value is -0.120. The Morgan fingerprint density at radius 2 is 1.65 bits per heavy atom. The first-order valence-electron chi connectivity index (χ1n) is 7.25. The van der Waals surface area contributed by atoms with Gasteiger partial charge in [0, 0.05) is 25.2 Å². The van der Waals surface area contributed by atoms with Crippen molar-refractivity contribution >= 4 is 0 Å². The average molecular weight is 241 g/mol. The van der Waals surface area contributed by atoms with Crippen LogP contribution in [0.5, 0.6) is 0 Å². The average Bonchev–Trinajstić information content (AvgIpc) is 2.79. The molecule has 1 aliphatic rings. The minimum Gasteiger partial charge on any atom is -0.314 e. The molecule has 1 N–H and O–H groups in total. The molecule has 3 heteroatoms. The molecule has 0 amide bonds. The minimum atomic E-state index is 0.434. The van der Waals surface area contributed by atoms with Gasteiger partial charge >= 0.3 is 0 Å². The van der Waals surface area contributed by atoms with Crippen LogP contribution in [0.15, 0.2) is 0 Å². The Bertz CT molecular complexity index is 194. The van der Waals surface area contributed by atoms with Crippen molar-refractivity contribution in [2.24, 2.45) is 0 Å². The van der Waals surface area contributed by atoms with Crippen molar-refractivity contribution in [1.29, 1.82) is 0 Å². The van der Waals surface area contributed by atoms with Gasteiger partial charge in [0.2, 0.25) is 0 Å². The summed E-state index contributed by atoms with van der Waals surface area (Å²) in [6.07, 6.45) is 5.52. The summed E-state index contributed by atoms with van der Waals surface area (Å²) >= 11 is 0. The molecule has 1 aliphatic carbocycles. The van der Waals surface area contributed by atoms with Gasteiger partial charge in [-0.05, 0) is 40.0 Å². The van der Waals surface area contributed by atoms with E-state index in [0.717, 1.165) is 26.2 Å². The Morgan fingerprint density at radius 1 is 1.06 bits per heavy atom. The molecule has 0 aromatic rings. The lowest BCUT2D eigenvalue weighted by atomic mass is 9.96. The zero-order valence-electron chi connectivity index (χ0n) is 12.3. The summed E-state index contributed by atoms with van der Waals surface area (Å²) in [6.45, 7) is 10.3. The molecular weight excluding hydrogens is 210 g/mol. The van der Waals surface area contributed by atoms with E-state index >= 15 is 0 Å². The largest absolute Gasteiger partial charge is 0.314 e. The molecule has 0 spiro atoms. The molecule has 3 nitrogen and oxygen atoms in total. The summed E-state index contributed by atoms with van der Waals surface area (Å²) in [5, 5.41) is 3.67. The molecule has 0 unspecified atom stereocenters. The molecule has 102 valence electrons. The highest BCUT2D eigenvalue weighted by atomic mass is 15.2. The van der Waals surface area contributed by atoms with E-state index in [1.54, 1.807) is 0 Å². The highest BCUT2D eigenvalue weighted by Crippen LogP contribution is 2.32. The van der Waals surface area contributed by atoms with Crippen LogP contribution in [-0.2, 0) is 0 Å². The first-order valence-corrected chi connectivity index (χ1v) is 7.25. The van der Waals surface area contributed by atoms with E-state index in [-0.39, 0.29) is 0 Å². The van der Waals surface area contributed by atoms with Gasteiger partial charge in [0.05, 0.1) is 0 Å². The van der Waals surface area contributed by atoms with Crippen LogP contribution in [0.4, 0.5) is 0 Å². The third-order valence-electron chi connectivity index (χ3n) is 4.44. The summed E-state index contributed by atoms with van der Waals surface area (Å²) in [6, 6.07) is 0. The van der Waals surface area contributed by atoms with Crippen molar-refractivity contribution in [3.63, 3.8) is 0 Å². The molecule has 0 saturated heterocycles. The fraction of sp³-hybridized carbons (Fsp3) is 1.00. The van der Waals surface area contributed by atoms with Gasteiger partial charge in [0.25, 0.3) is 0 Å². The van der Waals surface area contributed by atoms with Crippen LogP contribution >= 0.6 is 0 Å². The molecule has 0 bridgehead atoms. The topological polar surface area (TPSA) is 18.5 Å². The third kappa shape index (κ3) is 4.23. The molecule has 1 fully saturated rings. The number of likely N-dealkylation sites (N-methyl/N-ethyl adjacent to an activating group) is 2. The maximum Gasteiger partial charge on any atom is 0.0327 e. The van der Waals surface area contributed by atoms with Gasteiger partial charge in [-0.25, -0.2) is 0 Å². The highest BCUT2D eigenvalue weighted by molar-refractivity contribution is 4.94. The predicted molar refractivity (Wildman–Crippen MR) is 75.5 cm³/mol. The van der Waals surface area contributed by atoms with Crippen LogP contribution in [0.25, 0.3) is 0 Å². The molecule has 0 atom stereocenters. The lowest BCUT2D eigenvalue weighted by Crippen LogP contribution is -2.50. The van der Waals surface area contributed by atoms with Crippen molar-refractivity contribution in [3.05, 3.63) is 0 Å². The Morgan fingerprint density at radius 3 is 2.12 bits per heavy atom. The second-order valence-electron chi connectivity index (χ2n) is 5.53. The van der Waals surface area contributed by atoms with Gasteiger partial charge < -0.3 is 15.1 Å². The van der Waals surface area contributed by atoms with Crippen molar-refractivity contribution in [3.8, 4) is 0 Å². The van der Waals surface area contributed by atoms with E-state index in [0.29, 0.717) is 5.54 Å². The van der Waals surface area contributed by atoms with Gasteiger partial charge in [-0.3, -0.25) is 0 Å². The predicted octanol–water partition coefficient (Wildman–Crippen LogP) is 1.79. The molecular formula is C14H31N3.